The van der Waals surface area contributed by atoms with E-state index in [0.717, 1.165) is 16.5 Å². The SMILES string of the molecule is N=C1C=CC=C/C1=C(/N)c1ccc2ccccc2c1. The van der Waals surface area contributed by atoms with E-state index < -0.39 is 0 Å². The molecule has 2 nitrogen and oxygen atoms in total. The number of hydrogen-bond acceptors (Lipinski definition) is 2. The van der Waals surface area contributed by atoms with Crippen molar-refractivity contribution in [2.24, 2.45) is 5.73 Å². The van der Waals surface area contributed by atoms with Crippen molar-refractivity contribution < 1.29 is 0 Å². The van der Waals surface area contributed by atoms with Crippen LogP contribution in [-0.4, -0.2) is 5.71 Å². The third-order valence-electron chi connectivity index (χ3n) is 3.28. The minimum atomic E-state index is 0.452. The van der Waals surface area contributed by atoms with Gasteiger partial charge >= 0.3 is 0 Å². The average molecular weight is 246 g/mol. The first-order valence-corrected chi connectivity index (χ1v) is 6.18. The highest BCUT2D eigenvalue weighted by Crippen LogP contribution is 2.22. The Balaban J connectivity index is 2.14. The zero-order chi connectivity index (χ0) is 13.2. The van der Waals surface area contributed by atoms with Gasteiger partial charge in [0, 0.05) is 11.3 Å². The molecule has 0 aliphatic heterocycles. The van der Waals surface area contributed by atoms with Crippen molar-refractivity contribution in [1.82, 2.24) is 0 Å². The minimum Gasteiger partial charge on any atom is -0.398 e. The van der Waals surface area contributed by atoms with Gasteiger partial charge < -0.3 is 11.1 Å². The van der Waals surface area contributed by atoms with Crippen LogP contribution in [0.5, 0.6) is 0 Å². The first-order valence-electron chi connectivity index (χ1n) is 6.18. The Hall–Kier alpha value is -2.61. The van der Waals surface area contributed by atoms with Gasteiger partial charge in [-0.15, -0.1) is 0 Å². The lowest BCUT2D eigenvalue weighted by Crippen LogP contribution is -2.08. The molecule has 0 atom stereocenters. The molecule has 1 aliphatic carbocycles. The molecule has 3 rings (SSSR count). The van der Waals surface area contributed by atoms with Crippen molar-refractivity contribution in [3.63, 3.8) is 0 Å². The van der Waals surface area contributed by atoms with Crippen LogP contribution in [0.2, 0.25) is 0 Å². The lowest BCUT2D eigenvalue weighted by molar-refractivity contribution is 1.45. The normalized spacial score (nSPS) is 16.9. The highest BCUT2D eigenvalue weighted by molar-refractivity contribution is 6.14. The smallest absolute Gasteiger partial charge is 0.0633 e. The molecular formula is C17H14N2. The molecule has 0 radical (unpaired) electrons. The summed E-state index contributed by atoms with van der Waals surface area (Å²) in [7, 11) is 0. The van der Waals surface area contributed by atoms with E-state index in [1.807, 2.05) is 36.4 Å². The Morgan fingerprint density at radius 1 is 0.895 bits per heavy atom. The van der Waals surface area contributed by atoms with Gasteiger partial charge in [0.2, 0.25) is 0 Å². The molecule has 0 bridgehead atoms. The molecule has 0 amide bonds. The lowest BCUT2D eigenvalue weighted by Gasteiger charge is -2.11. The summed E-state index contributed by atoms with van der Waals surface area (Å²) < 4.78 is 0. The van der Waals surface area contributed by atoms with Crippen LogP contribution in [0.15, 0.2) is 72.3 Å². The number of hydrogen-bond donors (Lipinski definition) is 2. The molecule has 0 saturated carbocycles. The summed E-state index contributed by atoms with van der Waals surface area (Å²) >= 11 is 0. The maximum Gasteiger partial charge on any atom is 0.0633 e. The van der Waals surface area contributed by atoms with Gasteiger partial charge in [0.15, 0.2) is 0 Å². The molecule has 0 unspecified atom stereocenters. The fourth-order valence-electron chi connectivity index (χ4n) is 2.23. The Morgan fingerprint density at radius 3 is 2.42 bits per heavy atom. The monoisotopic (exact) mass is 246 g/mol. The zero-order valence-corrected chi connectivity index (χ0v) is 10.4. The van der Waals surface area contributed by atoms with E-state index in [0.29, 0.717) is 11.4 Å². The molecule has 3 N–H and O–H groups in total. The Morgan fingerprint density at radius 2 is 1.63 bits per heavy atom. The lowest BCUT2D eigenvalue weighted by atomic mass is 9.98. The summed E-state index contributed by atoms with van der Waals surface area (Å²) in [5.41, 5.74) is 9.04. The molecule has 92 valence electrons. The highest BCUT2D eigenvalue weighted by atomic mass is 14.6. The number of nitrogens with two attached hydrogens (primary N) is 1. The molecule has 2 aromatic rings. The van der Waals surface area contributed by atoms with Crippen LogP contribution in [0, 0.1) is 5.41 Å². The fourth-order valence-corrected chi connectivity index (χ4v) is 2.23. The van der Waals surface area contributed by atoms with Gasteiger partial charge in [0.25, 0.3) is 0 Å². The number of rotatable bonds is 1. The van der Waals surface area contributed by atoms with E-state index in [4.69, 9.17) is 11.1 Å². The number of benzene rings is 2. The Bertz CT molecular complexity index is 749. The van der Waals surface area contributed by atoms with E-state index in [9.17, 15) is 0 Å². The van der Waals surface area contributed by atoms with Crippen LogP contribution in [-0.2, 0) is 0 Å². The molecule has 1 aliphatic rings. The summed E-state index contributed by atoms with van der Waals surface area (Å²) in [6.07, 6.45) is 7.39. The predicted molar refractivity (Wildman–Crippen MR) is 81.1 cm³/mol. The Kier molecular flexibility index (Phi) is 2.76. The molecule has 19 heavy (non-hydrogen) atoms. The van der Waals surface area contributed by atoms with Gasteiger partial charge in [-0.3, -0.25) is 0 Å². The van der Waals surface area contributed by atoms with Crippen LogP contribution in [0.1, 0.15) is 5.56 Å². The second-order valence-electron chi connectivity index (χ2n) is 4.52. The summed E-state index contributed by atoms with van der Waals surface area (Å²) in [5.74, 6) is 0. The largest absolute Gasteiger partial charge is 0.398 e. The Labute approximate surface area is 112 Å². The number of nitrogens with one attached hydrogen (secondary N) is 1. The standard InChI is InChI=1S/C17H14N2/c18-16-8-4-3-7-15(16)17(19)14-10-9-12-5-1-2-6-13(12)11-14/h1-11,18H,19H2/b17-15-,18-16?. The van der Waals surface area contributed by atoms with Gasteiger partial charge in [0.05, 0.1) is 5.71 Å². The molecule has 0 heterocycles. The zero-order valence-electron chi connectivity index (χ0n) is 10.4. The van der Waals surface area contributed by atoms with Crippen molar-refractivity contribution in [2.45, 2.75) is 0 Å². The second-order valence-corrected chi connectivity index (χ2v) is 4.52. The van der Waals surface area contributed by atoms with Crippen molar-refractivity contribution in [3.8, 4) is 0 Å². The predicted octanol–water partition coefficient (Wildman–Crippen LogP) is 3.66. The van der Waals surface area contributed by atoms with E-state index in [1.165, 1.54) is 5.39 Å². The van der Waals surface area contributed by atoms with Gasteiger partial charge in [-0.1, -0.05) is 54.6 Å². The molecule has 2 aromatic carbocycles. The maximum atomic E-state index is 7.91. The second kappa shape index (κ2) is 4.58. The van der Waals surface area contributed by atoms with Crippen LogP contribution in [0.4, 0.5) is 0 Å². The van der Waals surface area contributed by atoms with Gasteiger partial charge in [-0.2, -0.15) is 0 Å². The minimum absolute atomic E-state index is 0.452. The first kappa shape index (κ1) is 11.5. The van der Waals surface area contributed by atoms with Crippen LogP contribution in [0.3, 0.4) is 0 Å². The van der Waals surface area contributed by atoms with Gasteiger partial charge in [-0.25, -0.2) is 0 Å². The summed E-state index contributed by atoms with van der Waals surface area (Å²) in [6, 6.07) is 14.3. The van der Waals surface area contributed by atoms with E-state index in [2.05, 4.69) is 24.3 Å². The van der Waals surface area contributed by atoms with Gasteiger partial charge in [0.1, 0.15) is 0 Å². The van der Waals surface area contributed by atoms with Crippen LogP contribution < -0.4 is 5.73 Å². The van der Waals surface area contributed by atoms with E-state index >= 15 is 0 Å². The first-order chi connectivity index (χ1) is 9.25. The number of allylic oxidation sites excluding steroid dienone is 5. The summed E-state index contributed by atoms with van der Waals surface area (Å²) in [5, 5.41) is 10.3. The van der Waals surface area contributed by atoms with Crippen molar-refractivity contribution in [3.05, 3.63) is 77.9 Å². The van der Waals surface area contributed by atoms with Crippen molar-refractivity contribution in [2.75, 3.05) is 0 Å². The molecule has 0 aromatic heterocycles. The van der Waals surface area contributed by atoms with Crippen LogP contribution >= 0.6 is 0 Å². The maximum absolute atomic E-state index is 7.91. The topological polar surface area (TPSA) is 49.9 Å². The average Bonchev–Trinajstić information content (AvgIpc) is 2.46. The molecule has 0 fully saturated rings. The van der Waals surface area contributed by atoms with Crippen LogP contribution in [0.25, 0.3) is 16.5 Å². The summed E-state index contributed by atoms with van der Waals surface area (Å²) in [4.78, 5) is 0. The third-order valence-corrected chi connectivity index (χ3v) is 3.28. The molecule has 0 spiro atoms. The van der Waals surface area contributed by atoms with E-state index in [-0.39, 0.29) is 0 Å². The number of fused-ring (bicyclic) bond motifs is 1. The third kappa shape index (κ3) is 2.08. The fraction of sp³-hybridized carbons (Fsp3) is 0. The highest BCUT2D eigenvalue weighted by Gasteiger charge is 2.09. The molecule has 2 heteroatoms. The van der Waals surface area contributed by atoms with Gasteiger partial charge in [-0.05, 0) is 28.5 Å². The van der Waals surface area contributed by atoms with E-state index in [1.54, 1.807) is 6.08 Å². The quantitative estimate of drug-likeness (QED) is 0.792. The van der Waals surface area contributed by atoms with Crippen molar-refractivity contribution >= 4 is 22.2 Å². The van der Waals surface area contributed by atoms with Crippen molar-refractivity contribution in [1.29, 1.82) is 5.41 Å². The summed E-state index contributed by atoms with van der Waals surface area (Å²) in [6.45, 7) is 0. The molecule has 0 saturated heterocycles. The molecular weight excluding hydrogens is 232 g/mol.